The van der Waals surface area contributed by atoms with Gasteiger partial charge in [0.25, 0.3) is 0 Å². The molecule has 0 spiro atoms. The molecule has 156 valence electrons. The van der Waals surface area contributed by atoms with Crippen LogP contribution in [0.2, 0.25) is 0 Å². The van der Waals surface area contributed by atoms with Gasteiger partial charge in [0.1, 0.15) is 5.66 Å². The van der Waals surface area contributed by atoms with Gasteiger partial charge in [-0.3, -0.25) is 9.36 Å². The van der Waals surface area contributed by atoms with E-state index in [0.717, 1.165) is 15.2 Å². The number of carbonyl (C=O) groups excluding carboxylic acids is 1. The SMILES string of the molecule is C=CN(C)c1ccc(Br)cc1CC(C(=O)Nc1ccc2ccccc2c1)P(=O)(O)O. The summed E-state index contributed by atoms with van der Waals surface area (Å²) in [5.41, 5.74) is 0.281. The molecule has 3 aromatic carbocycles. The molecule has 0 heterocycles. The fraction of sp³-hybridized carbons (Fsp3) is 0.136. The first-order chi connectivity index (χ1) is 14.2. The molecule has 1 unspecified atom stereocenters. The topological polar surface area (TPSA) is 89.9 Å². The lowest BCUT2D eigenvalue weighted by molar-refractivity contribution is -0.116. The van der Waals surface area contributed by atoms with Crippen molar-refractivity contribution in [1.29, 1.82) is 0 Å². The second-order valence-electron chi connectivity index (χ2n) is 6.93. The molecule has 1 atom stereocenters. The maximum atomic E-state index is 12.9. The Morgan fingerprint density at radius 2 is 1.87 bits per heavy atom. The maximum Gasteiger partial charge on any atom is 0.338 e. The third kappa shape index (κ3) is 5.18. The van der Waals surface area contributed by atoms with Crippen LogP contribution in [0, 0.1) is 0 Å². The molecular formula is C22H22BrN2O4P. The number of hydrogen-bond donors (Lipinski definition) is 3. The Balaban J connectivity index is 1.91. The van der Waals surface area contributed by atoms with E-state index in [1.807, 2.05) is 36.4 Å². The van der Waals surface area contributed by atoms with Gasteiger partial charge in [-0.15, -0.1) is 0 Å². The molecule has 0 bridgehead atoms. The maximum absolute atomic E-state index is 12.9. The summed E-state index contributed by atoms with van der Waals surface area (Å²) >= 11 is 3.38. The summed E-state index contributed by atoms with van der Waals surface area (Å²) in [6.45, 7) is 3.73. The van der Waals surface area contributed by atoms with Crippen LogP contribution in [0.3, 0.4) is 0 Å². The van der Waals surface area contributed by atoms with Gasteiger partial charge in [-0.25, -0.2) is 0 Å². The molecule has 3 aromatic rings. The van der Waals surface area contributed by atoms with Crippen molar-refractivity contribution in [2.75, 3.05) is 17.3 Å². The van der Waals surface area contributed by atoms with Crippen LogP contribution in [-0.4, -0.2) is 28.4 Å². The first-order valence-electron chi connectivity index (χ1n) is 9.18. The Hall–Kier alpha value is -2.44. The highest BCUT2D eigenvalue weighted by molar-refractivity contribution is 9.10. The van der Waals surface area contributed by atoms with Gasteiger partial charge < -0.3 is 20.0 Å². The van der Waals surface area contributed by atoms with Crippen molar-refractivity contribution in [3.8, 4) is 0 Å². The van der Waals surface area contributed by atoms with Crippen LogP contribution < -0.4 is 10.2 Å². The van der Waals surface area contributed by atoms with Gasteiger partial charge in [-0.2, -0.15) is 0 Å². The van der Waals surface area contributed by atoms with Crippen molar-refractivity contribution in [2.24, 2.45) is 0 Å². The molecule has 3 N–H and O–H groups in total. The number of halogens is 1. The van der Waals surface area contributed by atoms with Gasteiger partial charge in [0, 0.05) is 22.9 Å². The Morgan fingerprint density at radius 1 is 1.17 bits per heavy atom. The van der Waals surface area contributed by atoms with E-state index in [1.165, 1.54) is 0 Å². The summed E-state index contributed by atoms with van der Waals surface area (Å²) in [6, 6.07) is 18.4. The van der Waals surface area contributed by atoms with Crippen LogP contribution in [0.1, 0.15) is 5.56 Å². The fourth-order valence-electron chi connectivity index (χ4n) is 3.23. The molecule has 0 saturated carbocycles. The average molecular weight is 489 g/mol. The standard InChI is InChI=1S/C22H22BrN2O4P/c1-3-25(2)20-11-9-18(23)12-17(20)14-21(30(27,28)29)22(26)24-19-10-8-15-6-4-5-7-16(15)13-19/h3-13,21H,1,14H2,2H3,(H,24,26)(H2,27,28,29). The van der Waals surface area contributed by atoms with E-state index in [4.69, 9.17) is 0 Å². The molecule has 1 amide bonds. The number of amides is 1. The Morgan fingerprint density at radius 3 is 2.53 bits per heavy atom. The molecule has 6 nitrogen and oxygen atoms in total. The third-order valence-corrected chi connectivity index (χ3v) is 6.56. The van der Waals surface area contributed by atoms with E-state index in [9.17, 15) is 19.1 Å². The second-order valence-corrected chi connectivity index (χ2v) is 9.64. The van der Waals surface area contributed by atoms with Crippen LogP contribution >= 0.6 is 23.5 Å². The molecular weight excluding hydrogens is 467 g/mol. The van der Waals surface area contributed by atoms with Gasteiger partial charge >= 0.3 is 7.60 Å². The second kappa shape index (κ2) is 9.14. The summed E-state index contributed by atoms with van der Waals surface area (Å²) in [5, 5.41) is 4.59. The minimum Gasteiger partial charge on any atom is -0.351 e. The van der Waals surface area contributed by atoms with Crippen LogP contribution in [0.5, 0.6) is 0 Å². The zero-order valence-electron chi connectivity index (χ0n) is 16.3. The minimum atomic E-state index is -4.73. The highest BCUT2D eigenvalue weighted by Gasteiger charge is 2.36. The van der Waals surface area contributed by atoms with Crippen LogP contribution in [0.4, 0.5) is 11.4 Å². The van der Waals surface area contributed by atoms with Crippen molar-refractivity contribution < 1.29 is 19.1 Å². The number of hydrogen-bond acceptors (Lipinski definition) is 3. The molecule has 0 radical (unpaired) electrons. The summed E-state index contributed by atoms with van der Waals surface area (Å²) in [6.07, 6.45) is 1.46. The Labute approximate surface area is 183 Å². The lowest BCUT2D eigenvalue weighted by Crippen LogP contribution is -2.30. The molecule has 0 aromatic heterocycles. The minimum absolute atomic E-state index is 0.128. The molecule has 0 saturated heterocycles. The predicted octanol–water partition coefficient (Wildman–Crippen LogP) is 4.91. The zero-order chi connectivity index (χ0) is 21.9. The van der Waals surface area contributed by atoms with E-state index in [0.29, 0.717) is 16.9 Å². The van der Waals surface area contributed by atoms with Crippen molar-refractivity contribution in [3.05, 3.63) is 83.5 Å². The molecule has 0 aliphatic carbocycles. The quantitative estimate of drug-likeness (QED) is 0.411. The van der Waals surface area contributed by atoms with Crippen LogP contribution in [-0.2, 0) is 15.8 Å². The molecule has 3 rings (SSSR count). The first-order valence-corrected chi connectivity index (χ1v) is 11.6. The van der Waals surface area contributed by atoms with Crippen molar-refractivity contribution in [2.45, 2.75) is 12.1 Å². The number of nitrogens with zero attached hydrogens (tertiary/aromatic N) is 1. The fourth-order valence-corrected chi connectivity index (χ4v) is 4.44. The Bertz CT molecular complexity index is 1140. The van der Waals surface area contributed by atoms with Crippen molar-refractivity contribution in [1.82, 2.24) is 0 Å². The number of nitrogens with one attached hydrogen (secondary N) is 1. The summed E-state index contributed by atoms with van der Waals surface area (Å²) < 4.78 is 13.0. The number of benzene rings is 3. The summed E-state index contributed by atoms with van der Waals surface area (Å²) in [4.78, 5) is 34.5. The lowest BCUT2D eigenvalue weighted by Gasteiger charge is -2.23. The number of rotatable bonds is 7. The molecule has 0 aliphatic heterocycles. The van der Waals surface area contributed by atoms with E-state index in [1.54, 1.807) is 42.4 Å². The third-order valence-electron chi connectivity index (χ3n) is 4.83. The first kappa shape index (κ1) is 22.2. The largest absolute Gasteiger partial charge is 0.351 e. The monoisotopic (exact) mass is 488 g/mol. The van der Waals surface area contributed by atoms with Crippen LogP contribution in [0.25, 0.3) is 10.8 Å². The van der Waals surface area contributed by atoms with Crippen molar-refractivity contribution in [3.63, 3.8) is 0 Å². The molecule has 0 fully saturated rings. The number of carbonyl (C=O) groups is 1. The highest BCUT2D eigenvalue weighted by Crippen LogP contribution is 2.44. The van der Waals surface area contributed by atoms with E-state index in [-0.39, 0.29) is 6.42 Å². The van der Waals surface area contributed by atoms with Gasteiger partial charge in [0.15, 0.2) is 0 Å². The van der Waals surface area contributed by atoms with E-state index < -0.39 is 19.2 Å². The van der Waals surface area contributed by atoms with Gasteiger partial charge in [-0.05, 0) is 59.3 Å². The average Bonchev–Trinajstić information content (AvgIpc) is 2.70. The molecule has 0 aliphatic rings. The van der Waals surface area contributed by atoms with Crippen LogP contribution in [0.15, 0.2) is 77.9 Å². The van der Waals surface area contributed by atoms with E-state index in [2.05, 4.69) is 27.8 Å². The number of anilines is 2. The van der Waals surface area contributed by atoms with Gasteiger partial charge in [-0.1, -0.05) is 52.8 Å². The summed E-state index contributed by atoms with van der Waals surface area (Å²) in [7, 11) is -2.95. The molecule has 8 heteroatoms. The summed E-state index contributed by atoms with van der Waals surface area (Å²) in [5.74, 6) is -0.731. The zero-order valence-corrected chi connectivity index (χ0v) is 18.8. The molecule has 30 heavy (non-hydrogen) atoms. The normalized spacial score (nSPS) is 12.4. The highest BCUT2D eigenvalue weighted by atomic mass is 79.9. The Kier molecular flexibility index (Phi) is 6.78. The van der Waals surface area contributed by atoms with Gasteiger partial charge in [0.05, 0.1) is 0 Å². The predicted molar refractivity (Wildman–Crippen MR) is 125 cm³/mol. The number of fused-ring (bicyclic) bond motifs is 1. The smallest absolute Gasteiger partial charge is 0.338 e. The van der Waals surface area contributed by atoms with Gasteiger partial charge in [0.2, 0.25) is 5.91 Å². The lowest BCUT2D eigenvalue weighted by atomic mass is 10.1. The van der Waals surface area contributed by atoms with Crippen molar-refractivity contribution >= 4 is 51.6 Å². The van der Waals surface area contributed by atoms with E-state index >= 15 is 0 Å².